The molecule has 0 spiro atoms. The molecule has 2 rings (SSSR count). The fraction of sp³-hybridized carbons (Fsp3) is 0.500. The Labute approximate surface area is 83.0 Å². The Morgan fingerprint density at radius 1 is 1.64 bits per heavy atom. The molecule has 1 aromatic heterocycles. The first-order valence-electron chi connectivity index (χ1n) is 4.72. The molecule has 1 atom stereocenters. The Balaban J connectivity index is 2.05. The summed E-state index contributed by atoms with van der Waals surface area (Å²) < 4.78 is 10.8. The summed E-state index contributed by atoms with van der Waals surface area (Å²) in [6.45, 7) is 3.37. The van der Waals surface area contributed by atoms with Crippen molar-refractivity contribution in [2.75, 3.05) is 18.9 Å². The number of aromatic nitrogens is 1. The molecule has 14 heavy (non-hydrogen) atoms. The summed E-state index contributed by atoms with van der Waals surface area (Å²) in [4.78, 5) is 4.10. The van der Waals surface area contributed by atoms with E-state index in [1.165, 1.54) is 0 Å². The molecule has 0 aromatic carbocycles. The van der Waals surface area contributed by atoms with Crippen molar-refractivity contribution in [2.45, 2.75) is 19.4 Å². The van der Waals surface area contributed by atoms with Crippen LogP contribution < -0.4 is 10.5 Å². The fourth-order valence-corrected chi connectivity index (χ4v) is 1.38. The van der Waals surface area contributed by atoms with E-state index in [2.05, 4.69) is 4.98 Å². The molecular weight excluding hydrogens is 180 g/mol. The minimum absolute atomic E-state index is 0.144. The lowest BCUT2D eigenvalue weighted by Gasteiger charge is -2.11. The van der Waals surface area contributed by atoms with Crippen molar-refractivity contribution in [3.05, 3.63) is 17.8 Å². The number of nitrogen functional groups attached to an aromatic ring is 1. The van der Waals surface area contributed by atoms with Gasteiger partial charge in [0.2, 0.25) is 5.88 Å². The van der Waals surface area contributed by atoms with E-state index >= 15 is 0 Å². The number of rotatable bonds is 2. The summed E-state index contributed by atoms with van der Waals surface area (Å²) >= 11 is 0. The van der Waals surface area contributed by atoms with Gasteiger partial charge in [0.15, 0.2) is 0 Å². The quantitative estimate of drug-likeness (QED) is 0.767. The molecule has 1 aliphatic rings. The molecule has 4 heteroatoms. The largest absolute Gasteiger partial charge is 0.472 e. The van der Waals surface area contributed by atoms with Crippen LogP contribution >= 0.6 is 0 Å². The van der Waals surface area contributed by atoms with Crippen molar-refractivity contribution in [1.82, 2.24) is 4.98 Å². The van der Waals surface area contributed by atoms with Gasteiger partial charge in [-0.25, -0.2) is 4.98 Å². The molecule has 2 N–H and O–H groups in total. The molecule has 76 valence electrons. The van der Waals surface area contributed by atoms with Gasteiger partial charge >= 0.3 is 0 Å². The van der Waals surface area contributed by atoms with Crippen LogP contribution in [-0.2, 0) is 4.74 Å². The van der Waals surface area contributed by atoms with E-state index in [0.717, 1.165) is 18.6 Å². The van der Waals surface area contributed by atoms with Crippen LogP contribution in [-0.4, -0.2) is 24.3 Å². The second-order valence-electron chi connectivity index (χ2n) is 3.48. The molecule has 1 aliphatic heterocycles. The van der Waals surface area contributed by atoms with Crippen LogP contribution in [0, 0.1) is 6.92 Å². The number of hydrogen-bond acceptors (Lipinski definition) is 4. The zero-order valence-electron chi connectivity index (χ0n) is 8.19. The molecule has 1 aromatic rings. The summed E-state index contributed by atoms with van der Waals surface area (Å²) in [5.74, 6) is 0.632. The Bertz CT molecular complexity index is 322. The normalized spacial score (nSPS) is 21.1. The van der Waals surface area contributed by atoms with Gasteiger partial charge in [-0.1, -0.05) is 0 Å². The Morgan fingerprint density at radius 3 is 3.14 bits per heavy atom. The zero-order valence-corrected chi connectivity index (χ0v) is 8.19. The molecule has 0 bridgehead atoms. The predicted molar refractivity (Wildman–Crippen MR) is 53.2 cm³/mol. The average Bonchev–Trinajstić information content (AvgIpc) is 2.64. The van der Waals surface area contributed by atoms with E-state index in [4.69, 9.17) is 15.2 Å². The highest BCUT2D eigenvalue weighted by molar-refractivity contribution is 5.45. The topological polar surface area (TPSA) is 57.4 Å². The Kier molecular flexibility index (Phi) is 2.54. The van der Waals surface area contributed by atoms with E-state index in [9.17, 15) is 0 Å². The molecule has 2 heterocycles. The van der Waals surface area contributed by atoms with E-state index in [0.29, 0.717) is 18.2 Å². The van der Waals surface area contributed by atoms with Gasteiger partial charge in [0.1, 0.15) is 6.10 Å². The maximum Gasteiger partial charge on any atom is 0.213 e. The molecule has 1 fully saturated rings. The van der Waals surface area contributed by atoms with Gasteiger partial charge in [0.05, 0.1) is 25.1 Å². The highest BCUT2D eigenvalue weighted by Gasteiger charge is 2.17. The summed E-state index contributed by atoms with van der Waals surface area (Å²) in [6, 6.07) is 1.85. The fourth-order valence-electron chi connectivity index (χ4n) is 1.38. The standard InChI is InChI=1S/C10H14N2O2/c1-7-4-10(12-5-9(7)11)14-8-2-3-13-6-8/h4-5,8H,2-3,6,11H2,1H3. The average molecular weight is 194 g/mol. The third-order valence-corrected chi connectivity index (χ3v) is 2.30. The number of pyridine rings is 1. The van der Waals surface area contributed by atoms with Crippen LogP contribution in [0.15, 0.2) is 12.3 Å². The maximum absolute atomic E-state index is 5.65. The third-order valence-electron chi connectivity index (χ3n) is 2.30. The molecule has 0 radical (unpaired) electrons. The number of hydrogen-bond donors (Lipinski definition) is 1. The lowest BCUT2D eigenvalue weighted by atomic mass is 10.2. The van der Waals surface area contributed by atoms with Gasteiger partial charge in [-0.15, -0.1) is 0 Å². The number of anilines is 1. The van der Waals surface area contributed by atoms with Gasteiger partial charge in [0, 0.05) is 12.5 Å². The molecule has 1 unspecified atom stereocenters. The van der Waals surface area contributed by atoms with Crippen molar-refractivity contribution in [3.8, 4) is 5.88 Å². The van der Waals surface area contributed by atoms with Crippen molar-refractivity contribution in [2.24, 2.45) is 0 Å². The molecule has 0 aliphatic carbocycles. The van der Waals surface area contributed by atoms with Gasteiger partial charge in [-0.05, 0) is 12.5 Å². The van der Waals surface area contributed by atoms with Crippen LogP contribution in [0.3, 0.4) is 0 Å². The lowest BCUT2D eigenvalue weighted by molar-refractivity contribution is 0.138. The summed E-state index contributed by atoms with van der Waals surface area (Å²) in [5, 5.41) is 0. The molecule has 4 nitrogen and oxygen atoms in total. The molecule has 1 saturated heterocycles. The van der Waals surface area contributed by atoms with Gasteiger partial charge in [0.25, 0.3) is 0 Å². The highest BCUT2D eigenvalue weighted by atomic mass is 16.5. The number of ether oxygens (including phenoxy) is 2. The number of nitrogens with two attached hydrogens (primary N) is 1. The van der Waals surface area contributed by atoms with Crippen molar-refractivity contribution < 1.29 is 9.47 Å². The number of aryl methyl sites for hydroxylation is 1. The van der Waals surface area contributed by atoms with E-state index in [1.54, 1.807) is 6.20 Å². The Hall–Kier alpha value is -1.29. The van der Waals surface area contributed by atoms with E-state index < -0.39 is 0 Å². The molecule has 0 amide bonds. The SMILES string of the molecule is Cc1cc(OC2CCOC2)ncc1N. The zero-order chi connectivity index (χ0) is 9.97. The van der Waals surface area contributed by atoms with Gasteiger partial charge in [-0.3, -0.25) is 0 Å². The van der Waals surface area contributed by atoms with Crippen molar-refractivity contribution in [3.63, 3.8) is 0 Å². The first-order valence-corrected chi connectivity index (χ1v) is 4.72. The second-order valence-corrected chi connectivity index (χ2v) is 3.48. The van der Waals surface area contributed by atoms with E-state index in [-0.39, 0.29) is 6.10 Å². The van der Waals surface area contributed by atoms with Crippen LogP contribution in [0.2, 0.25) is 0 Å². The van der Waals surface area contributed by atoms with Crippen molar-refractivity contribution >= 4 is 5.69 Å². The second kappa shape index (κ2) is 3.84. The van der Waals surface area contributed by atoms with Crippen LogP contribution in [0.4, 0.5) is 5.69 Å². The van der Waals surface area contributed by atoms with E-state index in [1.807, 2.05) is 13.0 Å². The Morgan fingerprint density at radius 2 is 2.50 bits per heavy atom. The highest BCUT2D eigenvalue weighted by Crippen LogP contribution is 2.18. The first-order chi connectivity index (χ1) is 6.75. The molecular formula is C10H14N2O2. The molecule has 0 saturated carbocycles. The van der Waals surface area contributed by atoms with Crippen LogP contribution in [0.1, 0.15) is 12.0 Å². The summed E-state index contributed by atoms with van der Waals surface area (Å²) in [5.41, 5.74) is 7.34. The maximum atomic E-state index is 5.65. The monoisotopic (exact) mass is 194 g/mol. The lowest BCUT2D eigenvalue weighted by Crippen LogP contribution is -2.16. The minimum Gasteiger partial charge on any atom is -0.472 e. The van der Waals surface area contributed by atoms with Crippen LogP contribution in [0.5, 0.6) is 5.88 Å². The predicted octanol–water partition coefficient (Wildman–Crippen LogP) is 1.14. The summed E-state index contributed by atoms with van der Waals surface area (Å²) in [7, 11) is 0. The third kappa shape index (κ3) is 1.96. The van der Waals surface area contributed by atoms with Gasteiger partial charge in [-0.2, -0.15) is 0 Å². The number of nitrogens with zero attached hydrogens (tertiary/aromatic N) is 1. The van der Waals surface area contributed by atoms with Crippen LogP contribution in [0.25, 0.3) is 0 Å². The van der Waals surface area contributed by atoms with Gasteiger partial charge < -0.3 is 15.2 Å². The van der Waals surface area contributed by atoms with Crippen molar-refractivity contribution in [1.29, 1.82) is 0 Å². The smallest absolute Gasteiger partial charge is 0.213 e. The summed E-state index contributed by atoms with van der Waals surface area (Å²) in [6.07, 6.45) is 2.71. The minimum atomic E-state index is 0.144. The first kappa shape index (κ1) is 9.27.